The van der Waals surface area contributed by atoms with Crippen molar-refractivity contribution in [3.8, 4) is 11.5 Å². The number of hydrogen-bond acceptors (Lipinski definition) is 5. The number of alkyl halides is 1. The van der Waals surface area contributed by atoms with Gasteiger partial charge in [-0.05, 0) is 42.4 Å². The molecule has 1 heterocycles. The van der Waals surface area contributed by atoms with E-state index in [1.807, 2.05) is 24.3 Å². The third-order valence-electron chi connectivity index (χ3n) is 5.46. The lowest BCUT2D eigenvalue weighted by molar-refractivity contribution is 0.100. The van der Waals surface area contributed by atoms with Crippen LogP contribution in [0.1, 0.15) is 20.8 Å². The van der Waals surface area contributed by atoms with Crippen molar-refractivity contribution in [2.45, 2.75) is 51.0 Å². The van der Waals surface area contributed by atoms with E-state index < -0.39 is 8.32 Å². The lowest BCUT2D eigenvalue weighted by Gasteiger charge is -2.38. The molecular weight excluding hydrogens is 489 g/mol. The van der Waals surface area contributed by atoms with Crippen molar-refractivity contribution in [2.24, 2.45) is 0 Å². The molecule has 0 aliphatic carbocycles. The topological polar surface area (TPSA) is 57.2 Å². The number of carbonyl (C=O) groups is 1. The van der Waals surface area contributed by atoms with Crippen LogP contribution in [0.5, 0.6) is 11.5 Å². The number of ether oxygens (including phenoxy) is 3. The maximum atomic E-state index is 12.4. The second-order valence-corrected chi connectivity index (χ2v) is 14.2. The number of cyclic esters (lactones) is 1. The molecule has 2 rings (SSSR count). The minimum absolute atomic E-state index is 0.00760. The van der Waals surface area contributed by atoms with Gasteiger partial charge in [-0.25, -0.2) is 4.79 Å². The van der Waals surface area contributed by atoms with Gasteiger partial charge in [0, 0.05) is 4.43 Å². The van der Waals surface area contributed by atoms with Crippen molar-refractivity contribution in [3.05, 3.63) is 24.3 Å². The molecule has 1 saturated heterocycles. The number of benzene rings is 1. The largest absolute Gasteiger partial charge is 0.497 e. The lowest BCUT2D eigenvalue weighted by Crippen LogP contribution is -2.47. The molecule has 1 amide bonds. The van der Waals surface area contributed by atoms with Gasteiger partial charge in [-0.15, -0.1) is 0 Å². The molecule has 1 aromatic carbocycles. The van der Waals surface area contributed by atoms with E-state index in [-0.39, 0.29) is 23.3 Å². The van der Waals surface area contributed by atoms with Crippen LogP contribution in [0.25, 0.3) is 0 Å². The highest BCUT2D eigenvalue weighted by Crippen LogP contribution is 2.36. The van der Waals surface area contributed by atoms with E-state index in [4.69, 9.17) is 18.6 Å². The van der Waals surface area contributed by atoms with Crippen molar-refractivity contribution in [3.63, 3.8) is 0 Å². The first-order valence-electron chi connectivity index (χ1n) is 9.51. The predicted octanol–water partition coefficient (Wildman–Crippen LogP) is 4.72. The predicted molar refractivity (Wildman–Crippen MR) is 121 cm³/mol. The highest BCUT2D eigenvalue weighted by molar-refractivity contribution is 14.1. The maximum Gasteiger partial charge on any atom is 0.410 e. The standard InChI is InChI=1S/C20H32INO5Si/c1-20(2,3)28(5,6)26-13-15(11-21)22-12-18(27-19(22)23)14-25-17-9-7-16(24-4)8-10-17/h7-10,15,18H,11-14H2,1-6H3. The fourth-order valence-electron chi connectivity index (χ4n) is 2.53. The van der Waals surface area contributed by atoms with Gasteiger partial charge in [0.2, 0.25) is 0 Å². The van der Waals surface area contributed by atoms with Gasteiger partial charge >= 0.3 is 6.09 Å². The summed E-state index contributed by atoms with van der Waals surface area (Å²) in [5.41, 5.74) is 0. The molecular formula is C20H32INO5Si. The Morgan fingerprint density at radius 1 is 1.25 bits per heavy atom. The first-order valence-corrected chi connectivity index (χ1v) is 13.9. The number of hydrogen-bond donors (Lipinski definition) is 0. The number of halogens is 1. The molecule has 1 aliphatic heterocycles. The highest BCUT2D eigenvalue weighted by atomic mass is 127. The minimum atomic E-state index is -1.86. The van der Waals surface area contributed by atoms with Crippen LogP contribution in [0, 0.1) is 0 Å². The third-order valence-corrected chi connectivity index (χ3v) is 11.0. The van der Waals surface area contributed by atoms with Gasteiger partial charge in [0.05, 0.1) is 26.3 Å². The van der Waals surface area contributed by atoms with Gasteiger partial charge in [0.15, 0.2) is 14.4 Å². The van der Waals surface area contributed by atoms with Gasteiger partial charge in [-0.1, -0.05) is 43.4 Å². The monoisotopic (exact) mass is 521 g/mol. The van der Waals surface area contributed by atoms with Crippen molar-refractivity contribution in [1.82, 2.24) is 4.90 Å². The van der Waals surface area contributed by atoms with Crippen LogP contribution in [0.4, 0.5) is 4.79 Å². The minimum Gasteiger partial charge on any atom is -0.497 e. The molecule has 0 radical (unpaired) electrons. The second kappa shape index (κ2) is 9.66. The van der Waals surface area contributed by atoms with Crippen molar-refractivity contribution in [1.29, 1.82) is 0 Å². The molecule has 158 valence electrons. The number of methoxy groups -OCH3 is 1. The van der Waals surface area contributed by atoms with Crippen LogP contribution in [0.15, 0.2) is 24.3 Å². The summed E-state index contributed by atoms with van der Waals surface area (Å²) in [4.78, 5) is 14.2. The van der Waals surface area contributed by atoms with E-state index >= 15 is 0 Å². The summed E-state index contributed by atoms with van der Waals surface area (Å²) in [6, 6.07) is 7.37. The van der Waals surface area contributed by atoms with E-state index in [2.05, 4.69) is 56.5 Å². The van der Waals surface area contributed by atoms with Crippen molar-refractivity contribution < 1.29 is 23.4 Å². The molecule has 0 saturated carbocycles. The molecule has 6 nitrogen and oxygen atoms in total. The summed E-state index contributed by atoms with van der Waals surface area (Å²) in [7, 11) is -0.232. The normalized spacial score (nSPS) is 18.8. The molecule has 0 aromatic heterocycles. The Balaban J connectivity index is 1.88. The third kappa shape index (κ3) is 6.00. The summed E-state index contributed by atoms with van der Waals surface area (Å²) in [5, 5.41) is 0.142. The van der Waals surface area contributed by atoms with E-state index in [9.17, 15) is 4.79 Å². The van der Waals surface area contributed by atoms with E-state index in [1.54, 1.807) is 12.0 Å². The van der Waals surface area contributed by atoms with Gasteiger partial charge < -0.3 is 18.6 Å². The Hall–Kier alpha value is -1.00. The average molecular weight is 521 g/mol. The molecule has 1 aromatic rings. The number of carbonyl (C=O) groups excluding carboxylic acids is 1. The zero-order chi connectivity index (χ0) is 20.9. The van der Waals surface area contributed by atoms with Crippen LogP contribution < -0.4 is 9.47 Å². The second-order valence-electron chi connectivity index (χ2n) is 8.52. The summed E-state index contributed by atoms with van der Waals surface area (Å²) in [6.07, 6.45) is -0.572. The van der Waals surface area contributed by atoms with Crippen LogP contribution in [-0.4, -0.2) is 62.8 Å². The number of amides is 1. The molecule has 0 N–H and O–H groups in total. The maximum absolute atomic E-state index is 12.4. The van der Waals surface area contributed by atoms with Crippen LogP contribution in [0.2, 0.25) is 18.1 Å². The van der Waals surface area contributed by atoms with Gasteiger partial charge in [0.1, 0.15) is 18.1 Å². The Morgan fingerprint density at radius 3 is 2.39 bits per heavy atom. The molecule has 1 aliphatic rings. The van der Waals surface area contributed by atoms with Gasteiger partial charge in [-0.3, -0.25) is 4.90 Å². The zero-order valence-electron chi connectivity index (χ0n) is 17.7. The molecule has 8 heteroatoms. The van der Waals surface area contributed by atoms with E-state index in [0.29, 0.717) is 19.8 Å². The summed E-state index contributed by atoms with van der Waals surface area (Å²) < 4.78 is 23.6. The molecule has 0 bridgehead atoms. The Kier molecular flexibility index (Phi) is 8.03. The Morgan fingerprint density at radius 2 is 1.86 bits per heavy atom. The molecule has 28 heavy (non-hydrogen) atoms. The number of nitrogens with zero attached hydrogens (tertiary/aromatic N) is 1. The highest BCUT2D eigenvalue weighted by Gasteiger charge is 2.40. The van der Waals surface area contributed by atoms with Crippen LogP contribution in [-0.2, 0) is 9.16 Å². The van der Waals surface area contributed by atoms with Crippen molar-refractivity contribution >= 4 is 37.0 Å². The smallest absolute Gasteiger partial charge is 0.410 e. The summed E-state index contributed by atoms with van der Waals surface area (Å²) in [5.74, 6) is 1.50. The quantitative estimate of drug-likeness (QED) is 0.268. The van der Waals surface area contributed by atoms with Gasteiger partial charge in [-0.2, -0.15) is 0 Å². The average Bonchev–Trinajstić information content (AvgIpc) is 3.00. The van der Waals surface area contributed by atoms with Crippen LogP contribution in [0.3, 0.4) is 0 Å². The lowest BCUT2D eigenvalue weighted by atomic mass is 10.2. The summed E-state index contributed by atoms with van der Waals surface area (Å²) >= 11 is 2.31. The first-order chi connectivity index (χ1) is 13.1. The summed E-state index contributed by atoms with van der Waals surface area (Å²) in [6.45, 7) is 12.5. The molecule has 2 atom stereocenters. The van der Waals surface area contributed by atoms with E-state index in [1.165, 1.54) is 0 Å². The van der Waals surface area contributed by atoms with Crippen molar-refractivity contribution in [2.75, 3.05) is 31.3 Å². The fourth-order valence-corrected chi connectivity index (χ4v) is 4.30. The SMILES string of the molecule is COc1ccc(OCC2CN(C(CI)CO[Si](C)(C)C(C)(C)C)C(=O)O2)cc1. The number of rotatable bonds is 9. The Bertz CT molecular complexity index is 647. The zero-order valence-corrected chi connectivity index (χ0v) is 20.8. The van der Waals surface area contributed by atoms with Crippen LogP contribution >= 0.6 is 22.6 Å². The molecule has 1 fully saturated rings. The molecule has 0 spiro atoms. The first kappa shape index (κ1) is 23.3. The fraction of sp³-hybridized carbons (Fsp3) is 0.650. The van der Waals surface area contributed by atoms with E-state index in [0.717, 1.165) is 15.9 Å². The Labute approximate surface area is 183 Å². The van der Waals surface area contributed by atoms with Gasteiger partial charge in [0.25, 0.3) is 0 Å². The molecule has 2 unspecified atom stereocenters.